The number of nitrogens with one attached hydrogen (secondary N) is 2. The summed E-state index contributed by atoms with van der Waals surface area (Å²) in [5.74, 6) is -1.80. The standard InChI is InChI=1S/C20H20FN5O4S2/c1-10-5-11(8-23-26-10)13-6-16-15(7-14(13)21)25-20(31-16)18(32(2,29)30)19(28)22-9-17(27)24-12-3-4-12/h5-8,12,18H,3-4,9H2,1-2H3,(H,22,28)(H,24,27). The number of fused-ring (bicyclic) bond motifs is 1. The average molecular weight is 478 g/mol. The van der Waals surface area contributed by atoms with Gasteiger partial charge in [0.15, 0.2) is 15.1 Å². The van der Waals surface area contributed by atoms with Crippen LogP contribution in [0.15, 0.2) is 24.4 Å². The second kappa shape index (κ2) is 8.51. The predicted octanol–water partition coefficient (Wildman–Crippen LogP) is 1.68. The Kier molecular flexibility index (Phi) is 5.91. The highest BCUT2D eigenvalue weighted by Gasteiger charge is 2.34. The third kappa shape index (κ3) is 4.91. The number of nitrogens with zero attached hydrogens (tertiary/aromatic N) is 3. The van der Waals surface area contributed by atoms with E-state index in [0.717, 1.165) is 30.4 Å². The molecule has 0 radical (unpaired) electrons. The lowest BCUT2D eigenvalue weighted by atomic mass is 10.1. The van der Waals surface area contributed by atoms with E-state index in [1.807, 2.05) is 0 Å². The second-order valence-corrected chi connectivity index (χ2v) is 10.9. The molecule has 1 unspecified atom stereocenters. The van der Waals surface area contributed by atoms with Crippen LogP contribution in [0.25, 0.3) is 21.3 Å². The number of thiazole rings is 1. The van der Waals surface area contributed by atoms with Crippen molar-refractivity contribution in [2.45, 2.75) is 31.1 Å². The van der Waals surface area contributed by atoms with E-state index in [-0.39, 0.29) is 34.6 Å². The molecule has 0 saturated heterocycles. The topological polar surface area (TPSA) is 131 Å². The van der Waals surface area contributed by atoms with Crippen LogP contribution in [0, 0.1) is 12.7 Å². The van der Waals surface area contributed by atoms with Crippen LogP contribution in [-0.4, -0.2) is 54.3 Å². The van der Waals surface area contributed by atoms with Gasteiger partial charge in [0, 0.05) is 29.5 Å². The van der Waals surface area contributed by atoms with Crippen molar-refractivity contribution in [3.8, 4) is 11.1 Å². The van der Waals surface area contributed by atoms with Crippen LogP contribution < -0.4 is 10.6 Å². The molecule has 1 saturated carbocycles. The minimum absolute atomic E-state index is 0.00295. The number of carbonyl (C=O) groups is 2. The number of benzene rings is 1. The molecule has 4 rings (SSSR count). The number of halogens is 1. The Morgan fingerprint density at radius 2 is 2.03 bits per heavy atom. The molecule has 1 aliphatic rings. The largest absolute Gasteiger partial charge is 0.352 e. The molecule has 3 aromatic rings. The summed E-state index contributed by atoms with van der Waals surface area (Å²) in [7, 11) is -3.91. The number of amides is 2. The van der Waals surface area contributed by atoms with E-state index in [4.69, 9.17) is 0 Å². The summed E-state index contributed by atoms with van der Waals surface area (Å²) < 4.78 is 40.0. The van der Waals surface area contributed by atoms with Crippen molar-refractivity contribution in [2.24, 2.45) is 0 Å². The number of hydrogen-bond acceptors (Lipinski definition) is 8. The normalized spacial score (nSPS) is 14.8. The molecule has 0 spiro atoms. The summed E-state index contributed by atoms with van der Waals surface area (Å²) in [4.78, 5) is 28.7. The monoisotopic (exact) mass is 477 g/mol. The third-order valence-corrected chi connectivity index (χ3v) is 7.36. The first-order chi connectivity index (χ1) is 15.1. The van der Waals surface area contributed by atoms with Crippen molar-refractivity contribution >= 4 is 43.2 Å². The molecule has 2 heterocycles. The maximum absolute atomic E-state index is 14.7. The lowest BCUT2D eigenvalue weighted by Gasteiger charge is -2.12. The number of carbonyl (C=O) groups excluding carboxylic acids is 2. The minimum atomic E-state index is -3.91. The number of aryl methyl sites for hydroxylation is 1. The van der Waals surface area contributed by atoms with Crippen LogP contribution in [0.4, 0.5) is 4.39 Å². The summed E-state index contributed by atoms with van der Waals surface area (Å²) in [5.41, 5.74) is 1.64. The maximum atomic E-state index is 14.7. The van der Waals surface area contributed by atoms with E-state index in [1.54, 1.807) is 19.1 Å². The smallest absolute Gasteiger partial charge is 0.245 e. The Morgan fingerprint density at radius 3 is 2.69 bits per heavy atom. The van der Waals surface area contributed by atoms with Gasteiger partial charge in [0.2, 0.25) is 11.8 Å². The summed E-state index contributed by atoms with van der Waals surface area (Å²) in [5, 5.41) is 11.2. The fourth-order valence-corrected chi connectivity index (χ4v) is 5.71. The van der Waals surface area contributed by atoms with E-state index < -0.39 is 26.8 Å². The number of hydrogen-bond donors (Lipinski definition) is 2. The average Bonchev–Trinajstić information content (AvgIpc) is 3.42. The minimum Gasteiger partial charge on any atom is -0.352 e. The van der Waals surface area contributed by atoms with Crippen LogP contribution in [0.2, 0.25) is 0 Å². The highest BCUT2D eigenvalue weighted by atomic mass is 32.2. The molecule has 2 N–H and O–H groups in total. The van der Waals surface area contributed by atoms with E-state index in [0.29, 0.717) is 16.0 Å². The van der Waals surface area contributed by atoms with Crippen LogP contribution in [0.3, 0.4) is 0 Å². The van der Waals surface area contributed by atoms with Gasteiger partial charge in [-0.2, -0.15) is 10.2 Å². The van der Waals surface area contributed by atoms with Crippen LogP contribution >= 0.6 is 11.3 Å². The number of aromatic nitrogens is 3. The van der Waals surface area contributed by atoms with Crippen LogP contribution in [-0.2, 0) is 19.4 Å². The molecule has 1 fully saturated rings. The van der Waals surface area contributed by atoms with Gasteiger partial charge in [-0.1, -0.05) is 0 Å². The van der Waals surface area contributed by atoms with E-state index >= 15 is 0 Å². The lowest BCUT2D eigenvalue weighted by Crippen LogP contribution is -2.41. The Morgan fingerprint density at radius 1 is 1.28 bits per heavy atom. The van der Waals surface area contributed by atoms with E-state index in [9.17, 15) is 22.4 Å². The molecule has 1 aliphatic carbocycles. The van der Waals surface area contributed by atoms with Crippen LogP contribution in [0.1, 0.15) is 28.8 Å². The van der Waals surface area contributed by atoms with Gasteiger partial charge in [0.1, 0.15) is 10.8 Å². The molecule has 32 heavy (non-hydrogen) atoms. The molecular formula is C20H20FN5O4S2. The van der Waals surface area contributed by atoms with Gasteiger partial charge in [-0.3, -0.25) is 9.59 Å². The third-order valence-electron chi connectivity index (χ3n) is 4.84. The SMILES string of the molecule is Cc1cc(-c2cc3sc(C(C(=O)NCC(=O)NC4CC4)S(C)(=O)=O)nc3cc2F)cnn1. The Hall–Kier alpha value is -2.99. The number of rotatable bonds is 7. The first kappa shape index (κ1) is 22.2. The Labute approximate surface area is 187 Å². The molecule has 9 nitrogen and oxygen atoms in total. The molecule has 1 atom stereocenters. The van der Waals surface area contributed by atoms with Gasteiger partial charge in [0.25, 0.3) is 0 Å². The van der Waals surface area contributed by atoms with Crippen LogP contribution in [0.5, 0.6) is 0 Å². The van der Waals surface area contributed by atoms with Crippen molar-refractivity contribution < 1.29 is 22.4 Å². The Bertz CT molecular complexity index is 1320. The molecule has 12 heteroatoms. The van der Waals surface area contributed by atoms with Gasteiger partial charge < -0.3 is 10.6 Å². The van der Waals surface area contributed by atoms with Gasteiger partial charge >= 0.3 is 0 Å². The molecule has 0 bridgehead atoms. The van der Waals surface area contributed by atoms with Gasteiger partial charge in [0.05, 0.1) is 28.7 Å². The number of sulfone groups is 1. The maximum Gasteiger partial charge on any atom is 0.245 e. The fraction of sp³-hybridized carbons (Fsp3) is 0.350. The first-order valence-corrected chi connectivity index (χ1v) is 12.5. The summed E-state index contributed by atoms with van der Waals surface area (Å²) >= 11 is 0.983. The Balaban J connectivity index is 1.64. The molecule has 0 aliphatic heterocycles. The summed E-state index contributed by atoms with van der Waals surface area (Å²) in [6, 6.07) is 4.54. The van der Waals surface area contributed by atoms with Gasteiger partial charge in [-0.25, -0.2) is 17.8 Å². The molecular weight excluding hydrogens is 457 g/mol. The van der Waals surface area contributed by atoms with Crippen molar-refractivity contribution in [3.63, 3.8) is 0 Å². The highest BCUT2D eigenvalue weighted by Crippen LogP contribution is 2.34. The molecule has 2 aromatic heterocycles. The van der Waals surface area contributed by atoms with Crippen molar-refractivity contribution in [2.75, 3.05) is 12.8 Å². The predicted molar refractivity (Wildman–Crippen MR) is 117 cm³/mol. The van der Waals surface area contributed by atoms with Crippen molar-refractivity contribution in [1.29, 1.82) is 0 Å². The quantitative estimate of drug-likeness (QED) is 0.529. The molecule has 2 amide bonds. The van der Waals surface area contributed by atoms with Gasteiger partial charge in [-0.15, -0.1) is 11.3 Å². The molecule has 1 aromatic carbocycles. The van der Waals surface area contributed by atoms with Crippen molar-refractivity contribution in [3.05, 3.63) is 40.9 Å². The summed E-state index contributed by atoms with van der Waals surface area (Å²) in [6.45, 7) is 1.40. The van der Waals surface area contributed by atoms with E-state index in [2.05, 4.69) is 25.8 Å². The highest BCUT2D eigenvalue weighted by molar-refractivity contribution is 7.91. The van der Waals surface area contributed by atoms with Crippen molar-refractivity contribution in [1.82, 2.24) is 25.8 Å². The zero-order valence-corrected chi connectivity index (χ0v) is 18.9. The molecule has 168 valence electrons. The summed E-state index contributed by atoms with van der Waals surface area (Å²) in [6.07, 6.45) is 4.14. The lowest BCUT2D eigenvalue weighted by molar-refractivity contribution is -0.126. The zero-order valence-electron chi connectivity index (χ0n) is 17.3. The van der Waals surface area contributed by atoms with E-state index in [1.165, 1.54) is 12.3 Å². The fourth-order valence-electron chi connectivity index (χ4n) is 3.18. The first-order valence-electron chi connectivity index (χ1n) is 9.77. The van der Waals surface area contributed by atoms with Gasteiger partial charge in [-0.05, 0) is 31.9 Å². The zero-order chi connectivity index (χ0) is 23.0. The second-order valence-electron chi connectivity index (χ2n) is 7.71.